The van der Waals surface area contributed by atoms with Crippen molar-refractivity contribution in [2.45, 2.75) is 32.3 Å². The summed E-state index contributed by atoms with van der Waals surface area (Å²) in [5.74, 6) is 0. The van der Waals surface area contributed by atoms with Crippen LogP contribution in [0.5, 0.6) is 0 Å². The Labute approximate surface area is 145 Å². The van der Waals surface area contributed by atoms with E-state index in [9.17, 15) is 9.90 Å². The maximum atomic E-state index is 11.2. The van der Waals surface area contributed by atoms with Crippen LogP contribution in [-0.2, 0) is 4.74 Å². The zero-order chi connectivity index (χ0) is 17.8. The van der Waals surface area contributed by atoms with E-state index in [1.165, 1.54) is 7.11 Å². The first-order valence-corrected chi connectivity index (χ1v) is 8.63. The Morgan fingerprint density at radius 2 is 1.96 bits per heavy atom. The third kappa shape index (κ3) is 7.29. The first-order chi connectivity index (χ1) is 11.6. The summed E-state index contributed by atoms with van der Waals surface area (Å²) in [6, 6.07) is 9.44. The monoisotopic (exact) mass is 337 g/mol. The van der Waals surface area contributed by atoms with E-state index in [4.69, 9.17) is 5.73 Å². The molecular formula is C18H31N3O3. The minimum absolute atomic E-state index is 0.0517. The van der Waals surface area contributed by atoms with E-state index in [1.54, 1.807) is 4.90 Å². The Morgan fingerprint density at radius 1 is 1.33 bits per heavy atom. The fourth-order valence-corrected chi connectivity index (χ4v) is 2.59. The van der Waals surface area contributed by atoms with E-state index in [-0.39, 0.29) is 12.2 Å². The molecule has 6 nitrogen and oxygen atoms in total. The molecule has 0 aliphatic carbocycles. The Bertz CT molecular complexity index is 445. The van der Waals surface area contributed by atoms with Gasteiger partial charge in [-0.15, -0.1) is 0 Å². The van der Waals surface area contributed by atoms with Crippen LogP contribution in [-0.4, -0.2) is 62.0 Å². The summed E-state index contributed by atoms with van der Waals surface area (Å²) in [7, 11) is 1.38. The number of benzene rings is 1. The molecule has 1 amide bonds. The number of hydrogen-bond acceptors (Lipinski definition) is 5. The number of rotatable bonds is 5. The molecule has 0 spiro atoms. The predicted octanol–water partition coefficient (Wildman–Crippen LogP) is 2.07. The van der Waals surface area contributed by atoms with Gasteiger partial charge in [-0.3, -0.25) is 4.90 Å². The summed E-state index contributed by atoms with van der Waals surface area (Å²) >= 11 is 0. The van der Waals surface area contributed by atoms with Gasteiger partial charge in [0.15, 0.2) is 0 Å². The normalized spacial score (nSPS) is 15.3. The van der Waals surface area contributed by atoms with E-state index < -0.39 is 0 Å². The van der Waals surface area contributed by atoms with E-state index in [1.807, 2.05) is 37.3 Å². The molecule has 0 radical (unpaired) electrons. The number of carbonyl (C=O) groups excluding carboxylic acids is 1. The van der Waals surface area contributed by atoms with E-state index in [0.29, 0.717) is 6.54 Å². The number of nitrogens with two attached hydrogens (primary N) is 1. The molecule has 1 aliphatic rings. The van der Waals surface area contributed by atoms with Crippen LogP contribution in [0.1, 0.15) is 26.2 Å². The van der Waals surface area contributed by atoms with Crippen LogP contribution in [0.15, 0.2) is 30.3 Å². The van der Waals surface area contributed by atoms with Gasteiger partial charge in [-0.1, -0.05) is 18.2 Å². The van der Waals surface area contributed by atoms with Gasteiger partial charge in [0.2, 0.25) is 0 Å². The van der Waals surface area contributed by atoms with Gasteiger partial charge in [-0.05, 0) is 51.4 Å². The molecule has 0 bridgehead atoms. The Balaban J connectivity index is 0.000000243. The number of carbonyl (C=O) groups is 1. The molecule has 0 unspecified atom stereocenters. The number of nitrogens with zero attached hydrogens (tertiary/aromatic N) is 2. The number of anilines is 1. The minimum Gasteiger partial charge on any atom is -0.452 e. The molecule has 0 aromatic heterocycles. The summed E-state index contributed by atoms with van der Waals surface area (Å²) in [4.78, 5) is 15.2. The van der Waals surface area contributed by atoms with Crippen molar-refractivity contribution in [1.29, 1.82) is 0 Å². The number of methoxy groups -OCH3 is 1. The van der Waals surface area contributed by atoms with Crippen LogP contribution in [0.4, 0.5) is 10.5 Å². The van der Waals surface area contributed by atoms with E-state index >= 15 is 0 Å². The van der Waals surface area contributed by atoms with Crippen LogP contribution in [0.3, 0.4) is 0 Å². The first kappa shape index (κ1) is 20.4. The molecule has 24 heavy (non-hydrogen) atoms. The molecule has 136 valence electrons. The fourth-order valence-electron chi connectivity index (χ4n) is 2.59. The van der Waals surface area contributed by atoms with Gasteiger partial charge in [0.1, 0.15) is 0 Å². The van der Waals surface area contributed by atoms with Gasteiger partial charge >= 0.3 is 6.09 Å². The summed E-state index contributed by atoms with van der Waals surface area (Å²) in [6.45, 7) is 6.48. The van der Waals surface area contributed by atoms with Crippen molar-refractivity contribution >= 4 is 11.8 Å². The van der Waals surface area contributed by atoms with Gasteiger partial charge in [0, 0.05) is 25.3 Å². The van der Waals surface area contributed by atoms with Crippen LogP contribution in [0, 0.1) is 0 Å². The Kier molecular flexibility index (Phi) is 10.1. The number of para-hydroxylation sites is 1. The zero-order valence-corrected chi connectivity index (χ0v) is 14.9. The number of aliphatic hydroxyl groups is 1. The maximum absolute atomic E-state index is 11.2. The molecule has 1 aromatic carbocycles. The average molecular weight is 337 g/mol. The molecule has 0 atom stereocenters. The van der Waals surface area contributed by atoms with E-state index in [0.717, 1.165) is 51.1 Å². The molecule has 2 rings (SSSR count). The summed E-state index contributed by atoms with van der Waals surface area (Å²) in [6.07, 6.45) is 2.57. The predicted molar refractivity (Wildman–Crippen MR) is 97.2 cm³/mol. The van der Waals surface area contributed by atoms with Crippen molar-refractivity contribution in [1.82, 2.24) is 4.90 Å². The average Bonchev–Trinajstić information content (AvgIpc) is 2.63. The number of aliphatic hydroxyl groups excluding tert-OH is 1. The topological polar surface area (TPSA) is 79.0 Å². The second-order valence-electron chi connectivity index (χ2n) is 5.76. The third-order valence-electron chi connectivity index (χ3n) is 4.01. The van der Waals surface area contributed by atoms with Gasteiger partial charge in [0.05, 0.1) is 13.2 Å². The molecular weight excluding hydrogens is 306 g/mol. The summed E-state index contributed by atoms with van der Waals surface area (Å²) in [5.41, 5.74) is 6.26. The molecule has 1 aliphatic heterocycles. The highest BCUT2D eigenvalue weighted by Crippen LogP contribution is 2.13. The number of hydrogen-bond donors (Lipinski definition) is 2. The van der Waals surface area contributed by atoms with Crippen molar-refractivity contribution < 1.29 is 14.6 Å². The number of piperidine rings is 1. The van der Waals surface area contributed by atoms with Crippen molar-refractivity contribution in [2.75, 3.05) is 44.7 Å². The molecule has 1 aromatic rings. The van der Waals surface area contributed by atoms with Crippen molar-refractivity contribution in [2.24, 2.45) is 5.73 Å². The summed E-state index contributed by atoms with van der Waals surface area (Å²) in [5, 5.41) is 9.20. The highest BCUT2D eigenvalue weighted by Gasteiger charge is 2.15. The molecule has 1 heterocycles. The number of amides is 1. The molecule has 6 heteroatoms. The standard InChI is InChI=1S/C10H13NO2.C8H18N2O/c1-3-11(10(12)13-2)9-7-5-4-6-8-9;9-4-1-5-10-6-2-8(11)3-7-10/h4-8H,3H2,1-2H3;8,11H,1-7,9H2. The number of ether oxygens (including phenoxy) is 1. The molecule has 3 N–H and O–H groups in total. The SMILES string of the molecule is CCN(C(=O)OC)c1ccccc1.NCCCN1CCC(O)CC1. The van der Waals surface area contributed by atoms with Crippen LogP contribution < -0.4 is 10.6 Å². The van der Waals surface area contributed by atoms with Gasteiger partial charge < -0.3 is 20.5 Å². The number of likely N-dealkylation sites (tertiary alicyclic amines) is 1. The zero-order valence-electron chi connectivity index (χ0n) is 14.9. The highest BCUT2D eigenvalue weighted by molar-refractivity contribution is 5.87. The van der Waals surface area contributed by atoms with Gasteiger partial charge in [-0.25, -0.2) is 4.79 Å². The van der Waals surface area contributed by atoms with Gasteiger partial charge in [0.25, 0.3) is 0 Å². The van der Waals surface area contributed by atoms with E-state index in [2.05, 4.69) is 9.64 Å². The van der Waals surface area contributed by atoms with Crippen molar-refractivity contribution in [3.63, 3.8) is 0 Å². The highest BCUT2D eigenvalue weighted by atomic mass is 16.5. The lowest BCUT2D eigenvalue weighted by Crippen LogP contribution is -2.36. The Hall–Kier alpha value is -1.63. The first-order valence-electron chi connectivity index (χ1n) is 8.63. The largest absolute Gasteiger partial charge is 0.452 e. The quantitative estimate of drug-likeness (QED) is 0.860. The summed E-state index contributed by atoms with van der Waals surface area (Å²) < 4.78 is 4.64. The lowest BCUT2D eigenvalue weighted by Gasteiger charge is -2.29. The second-order valence-corrected chi connectivity index (χ2v) is 5.76. The smallest absolute Gasteiger partial charge is 0.413 e. The van der Waals surface area contributed by atoms with Crippen LogP contribution in [0.2, 0.25) is 0 Å². The lowest BCUT2D eigenvalue weighted by atomic mass is 10.1. The molecule has 1 saturated heterocycles. The molecule has 0 saturated carbocycles. The molecule has 1 fully saturated rings. The van der Waals surface area contributed by atoms with Crippen LogP contribution >= 0.6 is 0 Å². The third-order valence-corrected chi connectivity index (χ3v) is 4.01. The minimum atomic E-state index is -0.325. The fraction of sp³-hybridized carbons (Fsp3) is 0.611. The lowest BCUT2D eigenvalue weighted by molar-refractivity contribution is 0.0824. The maximum Gasteiger partial charge on any atom is 0.413 e. The van der Waals surface area contributed by atoms with Crippen molar-refractivity contribution in [3.05, 3.63) is 30.3 Å². The van der Waals surface area contributed by atoms with Gasteiger partial charge in [-0.2, -0.15) is 0 Å². The van der Waals surface area contributed by atoms with Crippen molar-refractivity contribution in [3.8, 4) is 0 Å². The van der Waals surface area contributed by atoms with Crippen LogP contribution in [0.25, 0.3) is 0 Å². The Morgan fingerprint density at radius 3 is 2.46 bits per heavy atom. The second kappa shape index (κ2) is 11.8.